The first-order valence-corrected chi connectivity index (χ1v) is 12.5. The first-order chi connectivity index (χ1) is 18.7. The largest absolute Gasteiger partial charge is 0.435 e. The second-order valence-electron chi connectivity index (χ2n) is 9.55. The van der Waals surface area contributed by atoms with E-state index in [0.29, 0.717) is 17.7 Å². The Hall–Kier alpha value is -4.65. The zero-order chi connectivity index (χ0) is 27.6. The first kappa shape index (κ1) is 26.0. The summed E-state index contributed by atoms with van der Waals surface area (Å²) in [5, 5.41) is 15.5. The van der Waals surface area contributed by atoms with E-state index in [1.807, 2.05) is 12.1 Å². The molecule has 0 spiro atoms. The fraction of sp³-hybridized carbons (Fsp3) is 0.241. The van der Waals surface area contributed by atoms with Gasteiger partial charge in [-0.25, -0.2) is 4.68 Å². The molecule has 1 amide bonds. The van der Waals surface area contributed by atoms with Gasteiger partial charge in [-0.1, -0.05) is 37.1 Å². The van der Waals surface area contributed by atoms with Crippen molar-refractivity contribution in [3.63, 3.8) is 0 Å². The minimum atomic E-state index is -4.77. The Morgan fingerprint density at radius 2 is 1.87 bits per heavy atom. The van der Waals surface area contributed by atoms with Gasteiger partial charge in [0.2, 0.25) is 0 Å². The van der Waals surface area contributed by atoms with Crippen molar-refractivity contribution in [2.45, 2.75) is 37.9 Å². The summed E-state index contributed by atoms with van der Waals surface area (Å²) in [5.74, 6) is -0.152. The Kier molecular flexibility index (Phi) is 7.07. The number of nitriles is 1. The molecule has 2 aromatic heterocycles. The third kappa shape index (κ3) is 5.93. The maximum absolute atomic E-state index is 13.5. The monoisotopic (exact) mass is 531 g/mol. The van der Waals surface area contributed by atoms with Gasteiger partial charge in [-0.3, -0.25) is 9.59 Å². The van der Waals surface area contributed by atoms with Crippen LogP contribution >= 0.6 is 0 Å². The molecular formula is C29H24F3N5O2. The first-order valence-electron chi connectivity index (χ1n) is 12.5. The van der Waals surface area contributed by atoms with E-state index in [1.165, 1.54) is 43.2 Å². The molecule has 0 aliphatic heterocycles. The maximum Gasteiger partial charge on any atom is 0.435 e. The Balaban J connectivity index is 1.47. The summed E-state index contributed by atoms with van der Waals surface area (Å²) in [6.07, 6.45) is 1.02. The molecule has 2 aromatic carbocycles. The molecule has 0 bridgehead atoms. The second kappa shape index (κ2) is 10.6. The molecule has 1 atom stereocenters. The standard InChI is InChI=1S/C29H24F3N5O2/c30-29(31,32)26-17-25(37(35-26)23-8-3-5-20(15-23)18-33)28(39)34-22-7-4-6-21(16-22)24(13-12-19-10-11-19)36-14-2-1-9-27(36)38/h1-9,14-17,19,24H,10-13H2,(H,34,39). The Morgan fingerprint density at radius 1 is 1.08 bits per heavy atom. The molecule has 39 heavy (non-hydrogen) atoms. The van der Waals surface area contributed by atoms with Crippen LogP contribution in [0, 0.1) is 17.2 Å². The van der Waals surface area contributed by atoms with Gasteiger partial charge in [0.15, 0.2) is 5.69 Å². The highest BCUT2D eigenvalue weighted by molar-refractivity contribution is 6.03. The van der Waals surface area contributed by atoms with Crippen LogP contribution in [0.3, 0.4) is 0 Å². The molecular weight excluding hydrogens is 507 g/mol. The van der Waals surface area contributed by atoms with Gasteiger partial charge >= 0.3 is 6.18 Å². The summed E-state index contributed by atoms with van der Waals surface area (Å²) >= 11 is 0. The molecule has 1 aliphatic rings. The summed E-state index contributed by atoms with van der Waals surface area (Å²) in [5.41, 5.74) is -0.190. The van der Waals surface area contributed by atoms with Crippen LogP contribution in [0.1, 0.15) is 59.0 Å². The molecule has 198 valence electrons. The quantitative estimate of drug-likeness (QED) is 0.304. The fourth-order valence-corrected chi connectivity index (χ4v) is 4.57. The van der Waals surface area contributed by atoms with Gasteiger partial charge in [0.25, 0.3) is 11.5 Å². The number of nitrogens with zero attached hydrogens (tertiary/aromatic N) is 4. The molecule has 7 nitrogen and oxygen atoms in total. The van der Waals surface area contributed by atoms with Crippen LogP contribution in [0.2, 0.25) is 0 Å². The highest BCUT2D eigenvalue weighted by atomic mass is 19.4. The van der Waals surface area contributed by atoms with Gasteiger partial charge in [0.05, 0.1) is 23.4 Å². The number of carbonyl (C=O) groups is 1. The number of anilines is 1. The van der Waals surface area contributed by atoms with Crippen molar-refractivity contribution in [1.82, 2.24) is 14.3 Å². The number of halogens is 3. The van der Waals surface area contributed by atoms with Crippen LogP contribution in [0.15, 0.2) is 83.8 Å². The molecule has 4 aromatic rings. The van der Waals surface area contributed by atoms with E-state index >= 15 is 0 Å². The van der Waals surface area contributed by atoms with E-state index < -0.39 is 17.8 Å². The molecule has 1 unspecified atom stereocenters. The third-order valence-corrected chi connectivity index (χ3v) is 6.71. The second-order valence-corrected chi connectivity index (χ2v) is 9.55. The lowest BCUT2D eigenvalue weighted by Gasteiger charge is -2.21. The van der Waals surface area contributed by atoms with Crippen LogP contribution in [0.25, 0.3) is 5.69 Å². The molecule has 2 heterocycles. The molecule has 5 rings (SSSR count). The average molecular weight is 532 g/mol. The maximum atomic E-state index is 13.5. The van der Waals surface area contributed by atoms with Crippen molar-refractivity contribution in [3.05, 3.63) is 112 Å². The number of pyridine rings is 1. The average Bonchev–Trinajstić information content (AvgIpc) is 3.63. The van der Waals surface area contributed by atoms with Gasteiger partial charge in [0, 0.05) is 24.0 Å². The van der Waals surface area contributed by atoms with E-state index in [2.05, 4.69) is 10.4 Å². The van der Waals surface area contributed by atoms with Crippen LogP contribution in [0.5, 0.6) is 0 Å². The van der Waals surface area contributed by atoms with Crippen molar-refractivity contribution in [2.24, 2.45) is 5.92 Å². The van der Waals surface area contributed by atoms with Crippen LogP contribution in [-0.2, 0) is 6.18 Å². The minimum Gasteiger partial charge on any atom is -0.321 e. The van der Waals surface area contributed by atoms with E-state index in [0.717, 1.165) is 23.1 Å². The highest BCUT2D eigenvalue weighted by Gasteiger charge is 2.36. The lowest BCUT2D eigenvalue weighted by molar-refractivity contribution is -0.141. The number of nitrogens with one attached hydrogen (secondary N) is 1. The van der Waals surface area contributed by atoms with Gasteiger partial charge in [-0.15, -0.1) is 0 Å². The predicted molar refractivity (Wildman–Crippen MR) is 138 cm³/mol. The topological polar surface area (TPSA) is 92.7 Å². The number of aromatic nitrogens is 3. The molecule has 10 heteroatoms. The number of amides is 1. The van der Waals surface area contributed by atoms with E-state index in [4.69, 9.17) is 0 Å². The summed E-state index contributed by atoms with van der Waals surface area (Å²) < 4.78 is 43.1. The lowest BCUT2D eigenvalue weighted by Crippen LogP contribution is -2.24. The van der Waals surface area contributed by atoms with Gasteiger partial charge in [-0.05, 0) is 60.7 Å². The number of alkyl halides is 3. The number of carbonyl (C=O) groups excluding carboxylic acids is 1. The molecule has 1 aliphatic carbocycles. The zero-order valence-corrected chi connectivity index (χ0v) is 20.7. The van der Waals surface area contributed by atoms with Crippen molar-refractivity contribution >= 4 is 11.6 Å². The number of hydrogen-bond acceptors (Lipinski definition) is 4. The van der Waals surface area contributed by atoms with Gasteiger partial charge < -0.3 is 9.88 Å². The molecule has 1 N–H and O–H groups in total. The highest BCUT2D eigenvalue weighted by Crippen LogP contribution is 2.37. The summed E-state index contributed by atoms with van der Waals surface area (Å²) in [6, 6.07) is 20.1. The predicted octanol–water partition coefficient (Wildman–Crippen LogP) is 5.96. The van der Waals surface area contributed by atoms with Crippen molar-refractivity contribution in [3.8, 4) is 11.8 Å². The smallest absolute Gasteiger partial charge is 0.321 e. The van der Waals surface area contributed by atoms with Gasteiger partial charge in [0.1, 0.15) is 5.69 Å². The molecule has 1 fully saturated rings. The Bertz CT molecular complexity index is 1610. The van der Waals surface area contributed by atoms with E-state index in [9.17, 15) is 28.0 Å². The number of rotatable bonds is 8. The minimum absolute atomic E-state index is 0.143. The fourth-order valence-electron chi connectivity index (χ4n) is 4.57. The molecule has 0 saturated heterocycles. The Morgan fingerprint density at radius 3 is 2.59 bits per heavy atom. The zero-order valence-electron chi connectivity index (χ0n) is 20.7. The van der Waals surface area contributed by atoms with Gasteiger partial charge in [-0.2, -0.15) is 23.5 Å². The van der Waals surface area contributed by atoms with Crippen molar-refractivity contribution in [1.29, 1.82) is 5.26 Å². The lowest BCUT2D eigenvalue weighted by atomic mass is 9.99. The van der Waals surface area contributed by atoms with Crippen molar-refractivity contribution in [2.75, 3.05) is 5.32 Å². The molecule has 0 radical (unpaired) electrons. The SMILES string of the molecule is N#Cc1cccc(-n2nc(C(F)(F)F)cc2C(=O)Nc2cccc(C(CCC3CC3)n3ccccc3=O)c2)c1. The van der Waals surface area contributed by atoms with Crippen LogP contribution in [-0.4, -0.2) is 20.3 Å². The summed E-state index contributed by atoms with van der Waals surface area (Å²) in [7, 11) is 0. The molecule has 1 saturated carbocycles. The Labute approximate surface area is 222 Å². The van der Waals surface area contributed by atoms with E-state index in [-0.39, 0.29) is 28.5 Å². The van der Waals surface area contributed by atoms with E-state index in [1.54, 1.807) is 41.1 Å². The van der Waals surface area contributed by atoms with Crippen LogP contribution < -0.4 is 10.9 Å². The number of benzene rings is 2. The summed E-state index contributed by atoms with van der Waals surface area (Å²) in [4.78, 5) is 25.9. The van der Waals surface area contributed by atoms with Crippen LogP contribution in [0.4, 0.5) is 18.9 Å². The normalized spacial score (nSPS) is 14.0. The third-order valence-electron chi connectivity index (χ3n) is 6.71. The number of hydrogen-bond donors (Lipinski definition) is 1. The summed E-state index contributed by atoms with van der Waals surface area (Å²) in [6.45, 7) is 0. The van der Waals surface area contributed by atoms with Crippen molar-refractivity contribution < 1.29 is 18.0 Å².